The van der Waals surface area contributed by atoms with Crippen LogP contribution in [0.5, 0.6) is 0 Å². The van der Waals surface area contributed by atoms with E-state index in [9.17, 15) is 14.9 Å². The van der Waals surface area contributed by atoms with E-state index in [0.717, 1.165) is 5.56 Å². The third-order valence-corrected chi connectivity index (χ3v) is 3.84. The van der Waals surface area contributed by atoms with Crippen LogP contribution >= 0.6 is 11.6 Å². The summed E-state index contributed by atoms with van der Waals surface area (Å²) >= 11 is 5.98. The molecule has 0 unspecified atom stereocenters. The number of carbonyl (C=O) groups is 2. The number of hydrogen-bond acceptors (Lipinski definition) is 4. The van der Waals surface area contributed by atoms with Gasteiger partial charge in [-0.1, -0.05) is 53.6 Å². The van der Waals surface area contributed by atoms with Gasteiger partial charge in [0.05, 0.1) is 10.7 Å². The zero-order valence-corrected chi connectivity index (χ0v) is 15.1. The minimum atomic E-state index is -1.09. The highest BCUT2D eigenvalue weighted by Crippen LogP contribution is 2.21. The van der Waals surface area contributed by atoms with Gasteiger partial charge in [-0.25, -0.2) is 4.79 Å². The maximum absolute atomic E-state index is 12.2. The van der Waals surface area contributed by atoms with Crippen LogP contribution in [0.25, 0.3) is 6.08 Å². The minimum absolute atomic E-state index is 0.189. The van der Waals surface area contributed by atoms with Gasteiger partial charge in [0.15, 0.2) is 6.10 Å². The predicted molar refractivity (Wildman–Crippen MR) is 100 cm³/mol. The number of para-hydroxylation sites is 1. The fourth-order valence-corrected chi connectivity index (χ4v) is 2.22. The van der Waals surface area contributed by atoms with Crippen LogP contribution in [-0.4, -0.2) is 18.0 Å². The number of aryl methyl sites for hydroxylation is 1. The van der Waals surface area contributed by atoms with Crippen LogP contribution in [0.4, 0.5) is 5.69 Å². The second-order valence-electron chi connectivity index (χ2n) is 5.60. The Morgan fingerprint density at radius 3 is 2.46 bits per heavy atom. The number of nitrogens with one attached hydrogen (secondary N) is 1. The molecule has 0 fully saturated rings. The van der Waals surface area contributed by atoms with Crippen molar-refractivity contribution in [2.75, 3.05) is 5.32 Å². The van der Waals surface area contributed by atoms with Crippen molar-refractivity contribution in [2.24, 2.45) is 0 Å². The van der Waals surface area contributed by atoms with Gasteiger partial charge in [0.25, 0.3) is 5.91 Å². The Hall–Kier alpha value is -3.10. The number of amides is 1. The zero-order chi connectivity index (χ0) is 19.1. The fourth-order valence-electron chi connectivity index (χ4n) is 2.04. The first-order valence-electron chi connectivity index (χ1n) is 7.85. The molecule has 26 heavy (non-hydrogen) atoms. The quantitative estimate of drug-likeness (QED) is 0.489. The highest BCUT2D eigenvalue weighted by atomic mass is 35.5. The molecule has 6 heteroatoms. The molecule has 2 aromatic rings. The summed E-state index contributed by atoms with van der Waals surface area (Å²) in [5.41, 5.74) is 1.98. The molecule has 1 amide bonds. The van der Waals surface area contributed by atoms with Crippen molar-refractivity contribution in [2.45, 2.75) is 20.0 Å². The smallest absolute Gasteiger partial charge is 0.349 e. The van der Waals surface area contributed by atoms with E-state index in [1.165, 1.54) is 13.0 Å². The van der Waals surface area contributed by atoms with E-state index >= 15 is 0 Å². The Bertz CT molecular complexity index is 883. The zero-order valence-electron chi connectivity index (χ0n) is 14.3. The molecular weight excluding hydrogens is 352 g/mol. The molecule has 0 radical (unpaired) electrons. The molecule has 0 spiro atoms. The number of nitriles is 1. The van der Waals surface area contributed by atoms with Crippen molar-refractivity contribution in [3.05, 3.63) is 70.3 Å². The number of halogens is 1. The Morgan fingerprint density at radius 2 is 1.85 bits per heavy atom. The van der Waals surface area contributed by atoms with Crippen molar-refractivity contribution in [3.8, 4) is 6.07 Å². The SMILES string of the molecule is Cc1ccc(/C=C(\C#N)C(=O)O[C@@H](C)C(=O)Nc2ccccc2Cl)cc1. The molecule has 132 valence electrons. The lowest BCUT2D eigenvalue weighted by atomic mass is 10.1. The second kappa shape index (κ2) is 8.84. The average Bonchev–Trinajstić information content (AvgIpc) is 2.62. The molecule has 5 nitrogen and oxygen atoms in total. The number of esters is 1. The molecule has 0 saturated heterocycles. The fraction of sp³-hybridized carbons (Fsp3) is 0.150. The number of hydrogen-bond donors (Lipinski definition) is 1. The average molecular weight is 369 g/mol. The third-order valence-electron chi connectivity index (χ3n) is 3.51. The van der Waals surface area contributed by atoms with E-state index in [-0.39, 0.29) is 5.57 Å². The second-order valence-corrected chi connectivity index (χ2v) is 6.00. The van der Waals surface area contributed by atoms with Crippen molar-refractivity contribution in [1.82, 2.24) is 0 Å². The van der Waals surface area contributed by atoms with Crippen LogP contribution in [-0.2, 0) is 14.3 Å². The van der Waals surface area contributed by atoms with Crippen molar-refractivity contribution >= 4 is 35.2 Å². The Morgan fingerprint density at radius 1 is 1.19 bits per heavy atom. The number of nitrogens with zero attached hydrogens (tertiary/aromatic N) is 1. The number of anilines is 1. The first kappa shape index (κ1) is 19.2. The van der Waals surface area contributed by atoms with Gasteiger partial charge in [-0.2, -0.15) is 5.26 Å². The third kappa shape index (κ3) is 5.20. The van der Waals surface area contributed by atoms with Crippen LogP contribution < -0.4 is 5.32 Å². The summed E-state index contributed by atoms with van der Waals surface area (Å²) in [4.78, 5) is 24.3. The van der Waals surface area contributed by atoms with Gasteiger partial charge < -0.3 is 10.1 Å². The summed E-state index contributed by atoms with van der Waals surface area (Å²) in [5, 5.41) is 12.1. The van der Waals surface area contributed by atoms with Crippen LogP contribution in [0.1, 0.15) is 18.1 Å². The van der Waals surface area contributed by atoms with Crippen LogP contribution in [0.2, 0.25) is 5.02 Å². The van der Waals surface area contributed by atoms with Gasteiger partial charge in [-0.05, 0) is 37.6 Å². The van der Waals surface area contributed by atoms with E-state index in [1.54, 1.807) is 42.5 Å². The maximum atomic E-state index is 12.2. The van der Waals surface area contributed by atoms with Gasteiger partial charge in [0.2, 0.25) is 0 Å². The van der Waals surface area contributed by atoms with Gasteiger partial charge >= 0.3 is 5.97 Å². The monoisotopic (exact) mass is 368 g/mol. The van der Waals surface area contributed by atoms with Gasteiger partial charge in [0, 0.05) is 0 Å². The number of ether oxygens (including phenoxy) is 1. The molecule has 0 aliphatic heterocycles. The van der Waals surface area contributed by atoms with Gasteiger partial charge in [0.1, 0.15) is 11.6 Å². The molecule has 1 N–H and O–H groups in total. The van der Waals surface area contributed by atoms with E-state index < -0.39 is 18.0 Å². The summed E-state index contributed by atoms with van der Waals surface area (Å²) < 4.78 is 5.09. The summed E-state index contributed by atoms with van der Waals surface area (Å²) in [6.07, 6.45) is 0.328. The van der Waals surface area contributed by atoms with E-state index in [1.807, 2.05) is 19.1 Å². The summed E-state index contributed by atoms with van der Waals surface area (Å²) in [7, 11) is 0. The molecule has 0 heterocycles. The van der Waals surface area contributed by atoms with Crippen LogP contribution in [0.15, 0.2) is 54.1 Å². The highest BCUT2D eigenvalue weighted by Gasteiger charge is 2.21. The van der Waals surface area contributed by atoms with Crippen LogP contribution in [0.3, 0.4) is 0 Å². The first-order valence-corrected chi connectivity index (χ1v) is 8.23. The Balaban J connectivity index is 2.04. The molecule has 0 saturated carbocycles. The number of benzene rings is 2. The van der Waals surface area contributed by atoms with Crippen molar-refractivity contribution in [3.63, 3.8) is 0 Å². The number of carbonyl (C=O) groups excluding carboxylic acids is 2. The van der Waals surface area contributed by atoms with Gasteiger partial charge in [-0.15, -0.1) is 0 Å². The molecule has 1 atom stereocenters. The summed E-state index contributed by atoms with van der Waals surface area (Å²) in [6, 6.07) is 15.8. The molecule has 0 aliphatic rings. The molecule has 0 aromatic heterocycles. The van der Waals surface area contributed by atoms with E-state index in [4.69, 9.17) is 16.3 Å². The standard InChI is InChI=1S/C20H17ClN2O3/c1-13-7-9-15(10-8-13)11-16(12-22)20(25)26-14(2)19(24)23-18-6-4-3-5-17(18)21/h3-11,14H,1-2H3,(H,23,24)/b16-11+/t14-/m0/s1. The Labute approximate surface area is 156 Å². The largest absolute Gasteiger partial charge is 0.448 e. The topological polar surface area (TPSA) is 79.2 Å². The highest BCUT2D eigenvalue weighted by molar-refractivity contribution is 6.33. The normalized spacial score (nSPS) is 12.0. The molecule has 2 rings (SSSR count). The van der Waals surface area contributed by atoms with E-state index in [2.05, 4.69) is 5.32 Å². The predicted octanol–water partition coefficient (Wildman–Crippen LogP) is 4.13. The molecule has 0 bridgehead atoms. The Kier molecular flexibility index (Phi) is 6.54. The van der Waals surface area contributed by atoms with Crippen molar-refractivity contribution in [1.29, 1.82) is 5.26 Å². The number of rotatable bonds is 5. The lowest BCUT2D eigenvalue weighted by molar-refractivity contribution is -0.148. The first-order chi connectivity index (χ1) is 12.4. The lowest BCUT2D eigenvalue weighted by Gasteiger charge is -2.14. The maximum Gasteiger partial charge on any atom is 0.349 e. The van der Waals surface area contributed by atoms with Crippen LogP contribution in [0, 0.1) is 18.3 Å². The summed E-state index contributed by atoms with van der Waals surface area (Å²) in [6.45, 7) is 3.36. The molecule has 0 aliphatic carbocycles. The minimum Gasteiger partial charge on any atom is -0.448 e. The van der Waals surface area contributed by atoms with Crippen molar-refractivity contribution < 1.29 is 14.3 Å². The molecular formula is C20H17ClN2O3. The summed E-state index contributed by atoms with van der Waals surface area (Å²) in [5.74, 6) is -1.41. The molecule has 2 aromatic carbocycles. The van der Waals surface area contributed by atoms with E-state index in [0.29, 0.717) is 16.3 Å². The van der Waals surface area contributed by atoms with Gasteiger partial charge in [-0.3, -0.25) is 4.79 Å². The lowest BCUT2D eigenvalue weighted by Crippen LogP contribution is -2.30.